The summed E-state index contributed by atoms with van der Waals surface area (Å²) in [7, 11) is 0. The summed E-state index contributed by atoms with van der Waals surface area (Å²) in [4.78, 5) is 5.13. The molecule has 1 aliphatic heterocycles. The molecule has 2 rings (SSSR count). The zero-order chi connectivity index (χ0) is 15.1. The third kappa shape index (κ3) is 4.80. The molecule has 2 N–H and O–H groups in total. The second-order valence-electron chi connectivity index (χ2n) is 5.91. The SMILES string of the molecule is CCc1cc(CN2CCN(CCCCN)CC2)n(CC)n1. The van der Waals surface area contributed by atoms with Crippen LogP contribution in [0.25, 0.3) is 0 Å². The maximum absolute atomic E-state index is 5.56. The molecule has 0 amide bonds. The number of nitrogens with zero attached hydrogens (tertiary/aromatic N) is 4. The van der Waals surface area contributed by atoms with Crippen LogP contribution in [0.5, 0.6) is 0 Å². The molecule has 0 unspecified atom stereocenters. The summed E-state index contributed by atoms with van der Waals surface area (Å²) in [6.45, 7) is 13.1. The van der Waals surface area contributed by atoms with Gasteiger partial charge in [0.2, 0.25) is 0 Å². The molecule has 1 fully saturated rings. The van der Waals surface area contributed by atoms with E-state index >= 15 is 0 Å². The molecule has 21 heavy (non-hydrogen) atoms. The van der Waals surface area contributed by atoms with Gasteiger partial charge in [-0.05, 0) is 45.3 Å². The van der Waals surface area contributed by atoms with Gasteiger partial charge >= 0.3 is 0 Å². The first-order valence-corrected chi connectivity index (χ1v) is 8.47. The van der Waals surface area contributed by atoms with Crippen molar-refractivity contribution in [1.82, 2.24) is 19.6 Å². The molecule has 0 atom stereocenters. The molecule has 0 saturated carbocycles. The highest BCUT2D eigenvalue weighted by molar-refractivity contribution is 5.10. The number of hydrogen-bond acceptors (Lipinski definition) is 4. The van der Waals surface area contributed by atoms with Crippen LogP contribution in [0.3, 0.4) is 0 Å². The second kappa shape index (κ2) is 8.51. The van der Waals surface area contributed by atoms with Crippen molar-refractivity contribution in [3.8, 4) is 0 Å². The third-order valence-electron chi connectivity index (χ3n) is 4.35. The molecule has 1 aromatic heterocycles. The Balaban J connectivity index is 1.79. The van der Waals surface area contributed by atoms with Crippen LogP contribution in [0.4, 0.5) is 0 Å². The van der Waals surface area contributed by atoms with E-state index in [9.17, 15) is 0 Å². The topological polar surface area (TPSA) is 50.3 Å². The summed E-state index contributed by atoms with van der Waals surface area (Å²) in [5.74, 6) is 0. The monoisotopic (exact) mass is 293 g/mol. The van der Waals surface area contributed by atoms with Gasteiger partial charge in [-0.2, -0.15) is 5.10 Å². The van der Waals surface area contributed by atoms with E-state index < -0.39 is 0 Å². The average Bonchev–Trinajstić information content (AvgIpc) is 2.91. The van der Waals surface area contributed by atoms with E-state index in [-0.39, 0.29) is 0 Å². The number of unbranched alkanes of at least 4 members (excludes halogenated alkanes) is 1. The second-order valence-corrected chi connectivity index (χ2v) is 5.91. The fraction of sp³-hybridized carbons (Fsp3) is 0.812. The average molecular weight is 293 g/mol. The zero-order valence-corrected chi connectivity index (χ0v) is 13.7. The van der Waals surface area contributed by atoms with Gasteiger partial charge in [-0.15, -0.1) is 0 Å². The van der Waals surface area contributed by atoms with Crippen LogP contribution in [0, 0.1) is 0 Å². The number of piperazine rings is 1. The molecule has 5 nitrogen and oxygen atoms in total. The van der Waals surface area contributed by atoms with Gasteiger partial charge in [0.05, 0.1) is 11.4 Å². The van der Waals surface area contributed by atoms with E-state index in [1.807, 2.05) is 0 Å². The van der Waals surface area contributed by atoms with Gasteiger partial charge in [-0.25, -0.2) is 0 Å². The van der Waals surface area contributed by atoms with Crippen molar-refractivity contribution >= 4 is 0 Å². The molecule has 0 radical (unpaired) electrons. The number of aryl methyl sites for hydroxylation is 2. The maximum atomic E-state index is 5.56. The lowest BCUT2D eigenvalue weighted by Gasteiger charge is -2.34. The number of rotatable bonds is 8. The standard InChI is InChI=1S/C16H31N5/c1-3-15-13-16(21(4-2)18-15)14-20-11-9-19(10-12-20)8-6-5-7-17/h13H,3-12,14,17H2,1-2H3. The Morgan fingerprint density at radius 1 is 1.10 bits per heavy atom. The van der Waals surface area contributed by atoms with Gasteiger partial charge in [0.1, 0.15) is 0 Å². The number of aromatic nitrogens is 2. The van der Waals surface area contributed by atoms with Gasteiger partial charge in [-0.3, -0.25) is 9.58 Å². The molecule has 0 aromatic carbocycles. The fourth-order valence-electron chi connectivity index (χ4n) is 2.97. The molecule has 120 valence electrons. The van der Waals surface area contributed by atoms with Crippen molar-refractivity contribution in [3.63, 3.8) is 0 Å². The smallest absolute Gasteiger partial charge is 0.0625 e. The van der Waals surface area contributed by atoms with Crippen LogP contribution < -0.4 is 5.73 Å². The lowest BCUT2D eigenvalue weighted by atomic mass is 10.2. The van der Waals surface area contributed by atoms with Gasteiger partial charge in [0.25, 0.3) is 0 Å². The Labute approximate surface area is 129 Å². The van der Waals surface area contributed by atoms with Crippen molar-refractivity contribution in [2.45, 2.75) is 46.2 Å². The van der Waals surface area contributed by atoms with E-state index in [0.717, 1.165) is 32.5 Å². The molecule has 5 heteroatoms. The van der Waals surface area contributed by atoms with Crippen molar-refractivity contribution in [1.29, 1.82) is 0 Å². The van der Waals surface area contributed by atoms with Crippen LogP contribution in [-0.4, -0.2) is 58.8 Å². The van der Waals surface area contributed by atoms with Crippen LogP contribution >= 0.6 is 0 Å². The highest BCUT2D eigenvalue weighted by Crippen LogP contribution is 2.11. The fourth-order valence-corrected chi connectivity index (χ4v) is 2.97. The summed E-state index contributed by atoms with van der Waals surface area (Å²) in [6, 6.07) is 2.27. The number of nitrogens with two attached hydrogens (primary N) is 1. The Morgan fingerprint density at radius 2 is 1.81 bits per heavy atom. The third-order valence-corrected chi connectivity index (χ3v) is 4.35. The lowest BCUT2D eigenvalue weighted by molar-refractivity contribution is 0.123. The normalized spacial score (nSPS) is 17.5. The predicted octanol–water partition coefficient (Wildman–Crippen LogP) is 1.32. The van der Waals surface area contributed by atoms with Gasteiger partial charge in [-0.1, -0.05) is 6.92 Å². The molecule has 1 aromatic rings. The first-order chi connectivity index (χ1) is 10.3. The molecular formula is C16H31N5. The van der Waals surface area contributed by atoms with E-state index in [2.05, 4.69) is 39.5 Å². The largest absolute Gasteiger partial charge is 0.330 e. The number of hydrogen-bond donors (Lipinski definition) is 1. The van der Waals surface area contributed by atoms with E-state index in [1.54, 1.807) is 0 Å². The minimum atomic E-state index is 0.820. The minimum Gasteiger partial charge on any atom is -0.330 e. The highest BCUT2D eigenvalue weighted by atomic mass is 15.3. The Bertz CT molecular complexity index is 407. The Morgan fingerprint density at radius 3 is 2.43 bits per heavy atom. The predicted molar refractivity (Wildman–Crippen MR) is 87.3 cm³/mol. The molecule has 0 bridgehead atoms. The van der Waals surface area contributed by atoms with Crippen molar-refractivity contribution in [2.75, 3.05) is 39.3 Å². The first-order valence-electron chi connectivity index (χ1n) is 8.47. The summed E-state index contributed by atoms with van der Waals surface area (Å²) in [6.07, 6.45) is 3.41. The van der Waals surface area contributed by atoms with Crippen molar-refractivity contribution in [2.24, 2.45) is 5.73 Å². The molecule has 2 heterocycles. The quantitative estimate of drug-likeness (QED) is 0.735. The van der Waals surface area contributed by atoms with E-state index in [1.165, 1.54) is 50.5 Å². The summed E-state index contributed by atoms with van der Waals surface area (Å²) in [5.41, 5.74) is 8.14. The van der Waals surface area contributed by atoms with Gasteiger partial charge in [0.15, 0.2) is 0 Å². The van der Waals surface area contributed by atoms with Crippen molar-refractivity contribution < 1.29 is 0 Å². The van der Waals surface area contributed by atoms with Gasteiger partial charge < -0.3 is 10.6 Å². The van der Waals surface area contributed by atoms with Crippen LogP contribution in [-0.2, 0) is 19.5 Å². The van der Waals surface area contributed by atoms with E-state index in [0.29, 0.717) is 0 Å². The maximum Gasteiger partial charge on any atom is 0.0625 e. The lowest BCUT2D eigenvalue weighted by Crippen LogP contribution is -2.46. The molecule has 0 aliphatic carbocycles. The van der Waals surface area contributed by atoms with Crippen LogP contribution in [0.1, 0.15) is 38.1 Å². The Kier molecular flexibility index (Phi) is 6.67. The summed E-state index contributed by atoms with van der Waals surface area (Å²) >= 11 is 0. The molecular weight excluding hydrogens is 262 g/mol. The van der Waals surface area contributed by atoms with Gasteiger partial charge in [0, 0.05) is 39.3 Å². The van der Waals surface area contributed by atoms with Crippen LogP contribution in [0.2, 0.25) is 0 Å². The molecule has 1 saturated heterocycles. The minimum absolute atomic E-state index is 0.820. The molecule has 1 aliphatic rings. The zero-order valence-electron chi connectivity index (χ0n) is 13.7. The molecule has 0 spiro atoms. The Hall–Kier alpha value is -0.910. The van der Waals surface area contributed by atoms with Crippen LogP contribution in [0.15, 0.2) is 6.07 Å². The highest BCUT2D eigenvalue weighted by Gasteiger charge is 2.18. The first kappa shape index (κ1) is 16.5. The van der Waals surface area contributed by atoms with E-state index in [4.69, 9.17) is 5.73 Å². The summed E-state index contributed by atoms with van der Waals surface area (Å²) < 4.78 is 2.16. The summed E-state index contributed by atoms with van der Waals surface area (Å²) in [5, 5.41) is 4.65. The van der Waals surface area contributed by atoms with Crippen molar-refractivity contribution in [3.05, 3.63) is 17.5 Å².